The topological polar surface area (TPSA) is 275 Å². The van der Waals surface area contributed by atoms with E-state index in [1.807, 2.05) is 0 Å². The summed E-state index contributed by atoms with van der Waals surface area (Å²) in [5.41, 5.74) is 17.1. The average Bonchev–Trinajstić information content (AvgIpc) is 3.35. The van der Waals surface area contributed by atoms with E-state index in [2.05, 4.69) is 15.0 Å². The zero-order chi connectivity index (χ0) is 34.0. The Balaban J connectivity index is 0.000000868. The highest BCUT2D eigenvalue weighted by molar-refractivity contribution is 7.53. The lowest BCUT2D eigenvalue weighted by atomic mass is 10.1. The van der Waals surface area contributed by atoms with Gasteiger partial charge in [0.25, 0.3) is 0 Å². The second-order valence-electron chi connectivity index (χ2n) is 9.89. The number of nitrogen functional groups attached to an aromatic ring is 1. The molecule has 19 nitrogen and oxygen atoms in total. The smallest absolute Gasteiger partial charge is 0.480 e. The molecule has 0 fully saturated rings. The third kappa shape index (κ3) is 16.3. The van der Waals surface area contributed by atoms with Crippen LogP contribution in [0.15, 0.2) is 12.7 Å². The molecule has 2 atom stereocenters. The van der Waals surface area contributed by atoms with Crippen LogP contribution in [0.4, 0.5) is 15.4 Å². The van der Waals surface area contributed by atoms with Gasteiger partial charge in [-0.1, -0.05) is 6.42 Å². The third-order valence-electron chi connectivity index (χ3n) is 5.20. The summed E-state index contributed by atoms with van der Waals surface area (Å²) in [6, 6.07) is -0.716. The number of carboxylic acids is 1. The van der Waals surface area contributed by atoms with Gasteiger partial charge in [0, 0.05) is 0 Å². The SMILES string of the molecule is CC(C)OC(=O)OCOP(=O)(CO[C@H](C)Cn1cnc2c(N)ncnc21)OCOC(=O)OC(C)C.NCCCCC(N)C(=O)O. The highest BCUT2D eigenvalue weighted by atomic mass is 31.2. The number of nitrogens with two attached hydrogens (primary N) is 3. The first-order valence-corrected chi connectivity index (χ1v) is 15.7. The van der Waals surface area contributed by atoms with E-state index in [4.69, 9.17) is 55.0 Å². The molecule has 20 heteroatoms. The Morgan fingerprint density at radius 1 is 0.956 bits per heavy atom. The second-order valence-corrected chi connectivity index (χ2v) is 11.9. The van der Waals surface area contributed by atoms with Crippen LogP contribution in [0.25, 0.3) is 11.2 Å². The first-order valence-electron chi connectivity index (χ1n) is 13.9. The zero-order valence-corrected chi connectivity index (χ0v) is 26.9. The van der Waals surface area contributed by atoms with Gasteiger partial charge >= 0.3 is 25.9 Å². The molecule has 7 N–H and O–H groups in total. The average molecular weight is 666 g/mol. The normalized spacial score (nSPS) is 12.7. The summed E-state index contributed by atoms with van der Waals surface area (Å²) < 4.78 is 49.7. The van der Waals surface area contributed by atoms with Crippen LogP contribution in [-0.4, -0.2) is 93.7 Å². The number of anilines is 1. The van der Waals surface area contributed by atoms with E-state index < -0.39 is 70.2 Å². The lowest BCUT2D eigenvalue weighted by Gasteiger charge is -2.21. The Hall–Kier alpha value is -3.61. The highest BCUT2D eigenvalue weighted by Crippen LogP contribution is 2.48. The van der Waals surface area contributed by atoms with Crippen LogP contribution in [0.5, 0.6) is 0 Å². The number of aliphatic carboxylic acids is 1. The first kappa shape index (κ1) is 39.4. The van der Waals surface area contributed by atoms with Crippen molar-refractivity contribution < 1.29 is 56.8 Å². The molecule has 2 rings (SSSR count). The third-order valence-corrected chi connectivity index (χ3v) is 6.67. The van der Waals surface area contributed by atoms with Crippen LogP contribution < -0.4 is 17.2 Å². The first-order chi connectivity index (χ1) is 21.2. The molecule has 0 spiro atoms. The number of nitrogens with zero attached hydrogens (tertiary/aromatic N) is 4. The van der Waals surface area contributed by atoms with E-state index in [0.29, 0.717) is 24.1 Å². The van der Waals surface area contributed by atoms with Gasteiger partial charge in [-0.2, -0.15) is 0 Å². The van der Waals surface area contributed by atoms with Gasteiger partial charge in [-0.25, -0.2) is 24.5 Å². The Morgan fingerprint density at radius 3 is 2.04 bits per heavy atom. The molecular weight excluding hydrogens is 621 g/mol. The van der Waals surface area contributed by atoms with Crippen molar-refractivity contribution in [2.75, 3.05) is 32.2 Å². The maximum Gasteiger partial charge on any atom is 0.510 e. The fourth-order valence-corrected chi connectivity index (χ4v) is 4.17. The molecule has 0 aliphatic carbocycles. The minimum atomic E-state index is -4.06. The van der Waals surface area contributed by atoms with Gasteiger partial charge < -0.3 is 50.6 Å². The molecule has 2 aromatic heterocycles. The molecule has 0 amide bonds. The van der Waals surface area contributed by atoms with Crippen molar-refractivity contribution in [3.63, 3.8) is 0 Å². The van der Waals surface area contributed by atoms with Gasteiger partial charge in [0.05, 0.1) is 31.2 Å². The molecule has 0 aliphatic heterocycles. The standard InChI is InChI=1S/C19H30N5O10P.C6H14N2O2/c1-12(2)33-18(25)28-9-31-35(27,32-10-29-19(26)34-13(3)4)11-30-14(5)6-24-8-23-15-16(20)21-7-22-17(15)24;7-4-2-1-3-5(8)6(9)10/h7-8,12-14H,6,9-11H2,1-5H3,(H2,20,21,22);5H,1-4,7-8H2,(H,9,10)/t14-;/m1./s1. The largest absolute Gasteiger partial charge is 0.510 e. The summed E-state index contributed by atoms with van der Waals surface area (Å²) in [6.45, 7) is 7.58. The van der Waals surface area contributed by atoms with Gasteiger partial charge in [0.2, 0.25) is 13.6 Å². The Kier molecular flexibility index (Phi) is 17.9. The van der Waals surface area contributed by atoms with Crippen LogP contribution in [0.3, 0.4) is 0 Å². The van der Waals surface area contributed by atoms with Crippen LogP contribution in [-0.2, 0) is 48.6 Å². The van der Waals surface area contributed by atoms with Crippen molar-refractivity contribution in [3.05, 3.63) is 12.7 Å². The molecule has 1 unspecified atom stereocenters. The van der Waals surface area contributed by atoms with Crippen molar-refractivity contribution in [1.29, 1.82) is 0 Å². The number of carbonyl (C=O) groups is 3. The summed E-state index contributed by atoms with van der Waals surface area (Å²) in [7, 11) is -4.06. The van der Waals surface area contributed by atoms with E-state index in [1.54, 1.807) is 39.2 Å². The second kappa shape index (κ2) is 20.4. The maximum absolute atomic E-state index is 13.1. The number of carbonyl (C=O) groups excluding carboxylic acids is 2. The molecule has 2 heterocycles. The van der Waals surface area contributed by atoms with Crippen molar-refractivity contribution in [3.8, 4) is 0 Å². The number of ether oxygens (including phenoxy) is 5. The number of fused-ring (bicyclic) bond motifs is 1. The van der Waals surface area contributed by atoms with Crippen molar-refractivity contribution >= 4 is 42.9 Å². The molecule has 0 bridgehead atoms. The summed E-state index contributed by atoms with van der Waals surface area (Å²) in [4.78, 5) is 45.4. The number of unbranched alkanes of at least 4 members (excludes halogenated alkanes) is 1. The van der Waals surface area contributed by atoms with E-state index >= 15 is 0 Å². The van der Waals surface area contributed by atoms with Gasteiger partial charge in [-0.15, -0.1) is 0 Å². The van der Waals surface area contributed by atoms with Gasteiger partial charge in [0.1, 0.15) is 24.2 Å². The summed E-state index contributed by atoms with van der Waals surface area (Å²) in [5.74, 6) is -0.697. The summed E-state index contributed by atoms with van der Waals surface area (Å²) in [6.07, 6.45) is 1.03. The predicted octanol–water partition coefficient (Wildman–Crippen LogP) is 2.56. The Bertz CT molecular complexity index is 1210. The number of imidazole rings is 1. The number of hydrogen-bond donors (Lipinski definition) is 4. The summed E-state index contributed by atoms with van der Waals surface area (Å²) >= 11 is 0. The molecule has 0 aliphatic rings. The van der Waals surface area contributed by atoms with E-state index in [1.165, 1.54) is 12.7 Å². The minimum absolute atomic E-state index is 0.237. The highest BCUT2D eigenvalue weighted by Gasteiger charge is 2.29. The van der Waals surface area contributed by atoms with Gasteiger partial charge in [0.15, 0.2) is 11.5 Å². The lowest BCUT2D eigenvalue weighted by Crippen LogP contribution is -2.29. The van der Waals surface area contributed by atoms with Crippen molar-refractivity contribution in [1.82, 2.24) is 19.5 Å². The molecule has 0 aromatic carbocycles. The quantitative estimate of drug-likeness (QED) is 0.0770. The van der Waals surface area contributed by atoms with Crippen LogP contribution in [0, 0.1) is 0 Å². The van der Waals surface area contributed by atoms with E-state index in [9.17, 15) is 18.9 Å². The van der Waals surface area contributed by atoms with Crippen LogP contribution in [0.1, 0.15) is 53.9 Å². The van der Waals surface area contributed by atoms with E-state index in [0.717, 1.165) is 12.8 Å². The van der Waals surface area contributed by atoms with Gasteiger partial charge in [-0.05, 0) is 54.0 Å². The molecule has 0 radical (unpaired) electrons. The van der Waals surface area contributed by atoms with Crippen LogP contribution in [0.2, 0.25) is 0 Å². The monoisotopic (exact) mass is 665 g/mol. The molecule has 2 aromatic rings. The number of carboxylic acid groups (broad SMARTS) is 1. The number of rotatable bonds is 18. The molecule has 0 saturated heterocycles. The van der Waals surface area contributed by atoms with Crippen molar-refractivity contribution in [2.24, 2.45) is 11.5 Å². The molecule has 256 valence electrons. The Morgan fingerprint density at radius 2 is 1.53 bits per heavy atom. The predicted molar refractivity (Wildman–Crippen MR) is 159 cm³/mol. The Labute approximate surface area is 260 Å². The van der Waals surface area contributed by atoms with Crippen molar-refractivity contribution in [2.45, 2.75) is 84.8 Å². The van der Waals surface area contributed by atoms with E-state index in [-0.39, 0.29) is 12.4 Å². The minimum Gasteiger partial charge on any atom is -0.480 e. The molecular formula is C25H44N7O12P. The zero-order valence-electron chi connectivity index (χ0n) is 26.0. The summed E-state index contributed by atoms with van der Waals surface area (Å²) in [5, 5.41) is 8.33. The molecule has 0 saturated carbocycles. The van der Waals surface area contributed by atoms with Crippen LogP contribution >= 0.6 is 7.60 Å². The fourth-order valence-electron chi connectivity index (χ4n) is 3.09. The van der Waals surface area contributed by atoms with Gasteiger partial charge in [-0.3, -0.25) is 18.4 Å². The molecule has 45 heavy (non-hydrogen) atoms. The lowest BCUT2D eigenvalue weighted by molar-refractivity contribution is -0.138. The number of hydrogen-bond acceptors (Lipinski definition) is 17. The number of aromatic nitrogens is 4. The fraction of sp³-hybridized carbons (Fsp3) is 0.680. The maximum atomic E-state index is 13.1.